The van der Waals surface area contributed by atoms with E-state index in [1.165, 1.54) is 18.2 Å². The molecule has 8 heteroatoms. The van der Waals surface area contributed by atoms with Crippen molar-refractivity contribution < 1.29 is 23.1 Å². The summed E-state index contributed by atoms with van der Waals surface area (Å²) in [5.41, 5.74) is 0.624. The van der Waals surface area contributed by atoms with Gasteiger partial charge in [-0.15, -0.1) is 5.10 Å². The van der Waals surface area contributed by atoms with Gasteiger partial charge in [-0.3, -0.25) is 0 Å². The molecule has 0 aliphatic carbocycles. The van der Waals surface area contributed by atoms with Gasteiger partial charge in [-0.25, -0.2) is 9.48 Å². The van der Waals surface area contributed by atoms with E-state index in [2.05, 4.69) is 10.3 Å². The van der Waals surface area contributed by atoms with Crippen LogP contribution in [-0.2, 0) is 6.54 Å². The van der Waals surface area contributed by atoms with E-state index in [4.69, 9.17) is 5.11 Å². The smallest absolute Gasteiger partial charge is 0.390 e. The second-order valence-electron chi connectivity index (χ2n) is 3.69. The van der Waals surface area contributed by atoms with Crippen molar-refractivity contribution in [1.29, 1.82) is 0 Å². The molecule has 0 aliphatic rings. The molecule has 0 spiro atoms. The maximum absolute atomic E-state index is 12.1. The van der Waals surface area contributed by atoms with Crippen LogP contribution in [0.25, 0.3) is 11.0 Å². The Balaban J connectivity index is 2.33. The SMILES string of the molecule is O=C(O)c1ccc2nnn(CCC(F)(F)F)c2c1. The molecule has 1 aromatic heterocycles. The molecule has 0 atom stereocenters. The molecule has 2 aromatic rings. The Bertz CT molecular complexity index is 592. The molecule has 18 heavy (non-hydrogen) atoms. The predicted octanol–water partition coefficient (Wildman–Crippen LogP) is 2.08. The Kier molecular flexibility index (Phi) is 2.93. The van der Waals surface area contributed by atoms with Gasteiger partial charge >= 0.3 is 12.1 Å². The van der Waals surface area contributed by atoms with Crippen LogP contribution in [0.3, 0.4) is 0 Å². The summed E-state index contributed by atoms with van der Waals surface area (Å²) in [5.74, 6) is -1.15. The lowest BCUT2D eigenvalue weighted by molar-refractivity contribution is -0.137. The molecule has 0 saturated heterocycles. The molecule has 1 heterocycles. The third kappa shape index (κ3) is 2.58. The highest BCUT2D eigenvalue weighted by atomic mass is 19.4. The molecule has 0 radical (unpaired) electrons. The maximum atomic E-state index is 12.1. The van der Waals surface area contributed by atoms with Crippen LogP contribution in [0, 0.1) is 0 Å². The van der Waals surface area contributed by atoms with Crippen LogP contribution in [-0.4, -0.2) is 32.2 Å². The second-order valence-corrected chi connectivity index (χ2v) is 3.69. The van der Waals surface area contributed by atoms with Gasteiger partial charge in [-0.1, -0.05) is 5.21 Å². The van der Waals surface area contributed by atoms with Gasteiger partial charge in [0.25, 0.3) is 0 Å². The van der Waals surface area contributed by atoms with E-state index in [1.807, 2.05) is 0 Å². The van der Waals surface area contributed by atoms with Gasteiger partial charge in [0.15, 0.2) is 0 Å². The maximum Gasteiger partial charge on any atom is 0.390 e. The highest BCUT2D eigenvalue weighted by molar-refractivity contribution is 5.92. The van der Waals surface area contributed by atoms with Gasteiger partial charge in [0, 0.05) is 0 Å². The van der Waals surface area contributed by atoms with Crippen molar-refractivity contribution in [2.45, 2.75) is 19.1 Å². The molecular formula is C10H8F3N3O2. The standard InChI is InChI=1S/C10H8F3N3O2/c11-10(12,13)3-4-16-8-5-6(9(17)18)1-2-7(8)14-15-16/h1-2,5H,3-4H2,(H,17,18). The molecule has 0 fully saturated rings. The number of aryl methyl sites for hydroxylation is 1. The third-order valence-electron chi connectivity index (χ3n) is 2.37. The Labute approximate surface area is 98.8 Å². The summed E-state index contributed by atoms with van der Waals surface area (Å²) in [7, 11) is 0. The van der Waals surface area contributed by atoms with Gasteiger partial charge in [0.05, 0.1) is 24.0 Å². The van der Waals surface area contributed by atoms with E-state index in [-0.39, 0.29) is 17.6 Å². The number of alkyl halides is 3. The van der Waals surface area contributed by atoms with E-state index in [9.17, 15) is 18.0 Å². The fourth-order valence-corrected chi connectivity index (χ4v) is 1.50. The molecule has 1 aromatic carbocycles. The Hall–Kier alpha value is -2.12. The number of hydrogen-bond acceptors (Lipinski definition) is 3. The highest BCUT2D eigenvalue weighted by Crippen LogP contribution is 2.21. The summed E-state index contributed by atoms with van der Waals surface area (Å²) in [4.78, 5) is 10.8. The van der Waals surface area contributed by atoms with Crippen molar-refractivity contribution in [2.75, 3.05) is 0 Å². The van der Waals surface area contributed by atoms with E-state index >= 15 is 0 Å². The molecule has 0 bridgehead atoms. The summed E-state index contributed by atoms with van der Waals surface area (Å²) in [6, 6.07) is 4.00. The van der Waals surface area contributed by atoms with Crippen LogP contribution in [0.15, 0.2) is 18.2 Å². The van der Waals surface area contributed by atoms with Gasteiger partial charge in [-0.2, -0.15) is 13.2 Å². The molecule has 0 amide bonds. The topological polar surface area (TPSA) is 68.0 Å². The largest absolute Gasteiger partial charge is 0.478 e. The average Bonchev–Trinajstić information content (AvgIpc) is 2.67. The molecule has 0 unspecified atom stereocenters. The number of carboxylic acids is 1. The lowest BCUT2D eigenvalue weighted by Gasteiger charge is -2.06. The Morgan fingerprint density at radius 3 is 2.72 bits per heavy atom. The number of fused-ring (bicyclic) bond motifs is 1. The van der Waals surface area contributed by atoms with Crippen molar-refractivity contribution in [3.05, 3.63) is 23.8 Å². The van der Waals surface area contributed by atoms with Gasteiger partial charge < -0.3 is 5.11 Å². The first-order valence-corrected chi connectivity index (χ1v) is 5.00. The fourth-order valence-electron chi connectivity index (χ4n) is 1.50. The zero-order valence-electron chi connectivity index (χ0n) is 8.98. The third-order valence-corrected chi connectivity index (χ3v) is 2.37. The van der Waals surface area contributed by atoms with E-state index in [1.54, 1.807) is 0 Å². The number of halogens is 3. The molecule has 5 nitrogen and oxygen atoms in total. The molecular weight excluding hydrogens is 251 g/mol. The van der Waals surface area contributed by atoms with Crippen molar-refractivity contribution >= 4 is 17.0 Å². The Morgan fingerprint density at radius 1 is 1.39 bits per heavy atom. The average molecular weight is 259 g/mol. The van der Waals surface area contributed by atoms with Gasteiger partial charge in [0.1, 0.15) is 5.52 Å². The lowest BCUT2D eigenvalue weighted by atomic mass is 10.2. The monoisotopic (exact) mass is 259 g/mol. The minimum atomic E-state index is -4.29. The van der Waals surface area contributed by atoms with Crippen LogP contribution in [0.1, 0.15) is 16.8 Å². The normalized spacial score (nSPS) is 11.9. The van der Waals surface area contributed by atoms with Gasteiger partial charge in [-0.05, 0) is 18.2 Å². The Morgan fingerprint density at radius 2 is 2.11 bits per heavy atom. The summed E-state index contributed by atoms with van der Waals surface area (Å²) >= 11 is 0. The first-order valence-electron chi connectivity index (χ1n) is 5.00. The van der Waals surface area contributed by atoms with Crippen molar-refractivity contribution in [3.8, 4) is 0 Å². The minimum Gasteiger partial charge on any atom is -0.478 e. The summed E-state index contributed by atoms with van der Waals surface area (Å²) in [6.45, 7) is -0.386. The van der Waals surface area contributed by atoms with E-state index < -0.39 is 18.6 Å². The molecule has 0 saturated carbocycles. The number of carbonyl (C=O) groups is 1. The summed E-state index contributed by atoms with van der Waals surface area (Å²) in [6.07, 6.45) is -5.33. The quantitative estimate of drug-likeness (QED) is 0.916. The number of nitrogens with zero attached hydrogens (tertiary/aromatic N) is 3. The summed E-state index contributed by atoms with van der Waals surface area (Å²) in [5, 5.41) is 16.0. The number of rotatable bonds is 3. The zero-order chi connectivity index (χ0) is 13.3. The predicted molar refractivity (Wildman–Crippen MR) is 55.2 cm³/mol. The van der Waals surface area contributed by atoms with Crippen LogP contribution < -0.4 is 0 Å². The zero-order valence-corrected chi connectivity index (χ0v) is 8.98. The first kappa shape index (κ1) is 12.3. The second kappa shape index (κ2) is 4.28. The minimum absolute atomic E-state index is 0.0157. The van der Waals surface area contributed by atoms with Crippen molar-refractivity contribution in [3.63, 3.8) is 0 Å². The van der Waals surface area contributed by atoms with Crippen LogP contribution >= 0.6 is 0 Å². The number of hydrogen-bond donors (Lipinski definition) is 1. The number of aromatic carboxylic acids is 1. The number of aromatic nitrogens is 3. The van der Waals surface area contributed by atoms with Crippen LogP contribution in [0.5, 0.6) is 0 Å². The molecule has 96 valence electrons. The molecule has 2 rings (SSSR count). The molecule has 0 aliphatic heterocycles. The number of carboxylic acid groups (broad SMARTS) is 1. The number of benzene rings is 1. The highest BCUT2D eigenvalue weighted by Gasteiger charge is 2.27. The van der Waals surface area contributed by atoms with E-state index in [0.29, 0.717) is 5.52 Å². The first-order chi connectivity index (χ1) is 8.37. The summed E-state index contributed by atoms with van der Waals surface area (Å²) < 4.78 is 37.3. The van der Waals surface area contributed by atoms with Crippen molar-refractivity contribution in [2.24, 2.45) is 0 Å². The molecule has 1 N–H and O–H groups in total. The van der Waals surface area contributed by atoms with E-state index in [0.717, 1.165) is 4.68 Å². The van der Waals surface area contributed by atoms with Crippen LogP contribution in [0.2, 0.25) is 0 Å². The van der Waals surface area contributed by atoms with Crippen molar-refractivity contribution in [1.82, 2.24) is 15.0 Å². The lowest BCUT2D eigenvalue weighted by Crippen LogP contribution is -2.13. The van der Waals surface area contributed by atoms with Gasteiger partial charge in [0.2, 0.25) is 0 Å². The fraction of sp³-hybridized carbons (Fsp3) is 0.300. The van der Waals surface area contributed by atoms with Crippen LogP contribution in [0.4, 0.5) is 13.2 Å².